The summed E-state index contributed by atoms with van der Waals surface area (Å²) in [7, 11) is 0. The number of epoxide rings is 1. The first-order chi connectivity index (χ1) is 12.8. The fraction of sp³-hybridized carbons (Fsp3) is 0.529. The van der Waals surface area contributed by atoms with Crippen molar-refractivity contribution in [3.05, 3.63) is 41.5 Å². The predicted octanol–water partition coefficient (Wildman–Crippen LogP) is 2.05. The molecule has 0 bridgehead atoms. The van der Waals surface area contributed by atoms with Gasteiger partial charge >= 0.3 is 6.18 Å². The minimum atomic E-state index is -4.45. The first kappa shape index (κ1) is 18.3. The van der Waals surface area contributed by atoms with Crippen molar-refractivity contribution in [1.82, 2.24) is 19.9 Å². The molecule has 0 radical (unpaired) electrons. The summed E-state index contributed by atoms with van der Waals surface area (Å²) in [4.78, 5) is 1.74. The van der Waals surface area contributed by atoms with Crippen LogP contribution in [0.2, 0.25) is 0 Å². The number of aromatic nitrogens is 3. The lowest BCUT2D eigenvalue weighted by Gasteiger charge is -2.28. The number of aliphatic hydroxyl groups excluding tert-OH is 1. The second-order valence-corrected chi connectivity index (χ2v) is 6.94. The summed E-state index contributed by atoms with van der Waals surface area (Å²) in [5, 5.41) is 17.8. The van der Waals surface area contributed by atoms with Crippen LogP contribution in [0.5, 0.6) is 0 Å². The van der Waals surface area contributed by atoms with Crippen LogP contribution in [0, 0.1) is 11.7 Å². The van der Waals surface area contributed by atoms with Crippen LogP contribution in [0.1, 0.15) is 18.3 Å². The lowest BCUT2D eigenvalue weighted by atomic mass is 9.92. The van der Waals surface area contributed by atoms with Gasteiger partial charge < -0.3 is 9.84 Å². The second kappa shape index (κ2) is 6.25. The number of rotatable bonds is 4. The molecular formula is C17H18F4N4O2. The number of ether oxygens (including phenoxy) is 1. The fourth-order valence-corrected chi connectivity index (χ4v) is 3.62. The second-order valence-electron chi connectivity index (χ2n) is 6.94. The van der Waals surface area contributed by atoms with Crippen LogP contribution in [0.15, 0.2) is 24.3 Å². The van der Waals surface area contributed by atoms with Gasteiger partial charge in [-0.3, -0.25) is 4.90 Å². The first-order valence-corrected chi connectivity index (χ1v) is 8.55. The summed E-state index contributed by atoms with van der Waals surface area (Å²) in [5.41, 5.74) is 0.490. The van der Waals surface area contributed by atoms with Crippen LogP contribution >= 0.6 is 0 Å². The lowest BCUT2D eigenvalue weighted by molar-refractivity contribution is -0.190. The van der Waals surface area contributed by atoms with E-state index in [2.05, 4.69) is 10.3 Å². The quantitative estimate of drug-likeness (QED) is 0.644. The van der Waals surface area contributed by atoms with E-state index in [4.69, 9.17) is 4.74 Å². The Bertz CT molecular complexity index is 838. The van der Waals surface area contributed by atoms with E-state index in [9.17, 15) is 22.7 Å². The summed E-state index contributed by atoms with van der Waals surface area (Å²) in [6.45, 7) is 1.03. The predicted molar refractivity (Wildman–Crippen MR) is 85.3 cm³/mol. The molecule has 3 unspecified atom stereocenters. The fourth-order valence-electron chi connectivity index (χ4n) is 3.62. The highest BCUT2D eigenvalue weighted by molar-refractivity contribution is 5.34. The number of benzene rings is 1. The van der Waals surface area contributed by atoms with Crippen molar-refractivity contribution in [2.75, 3.05) is 13.2 Å². The molecule has 4 rings (SSSR count). The number of alkyl halides is 3. The van der Waals surface area contributed by atoms with Crippen molar-refractivity contribution in [2.45, 2.75) is 37.9 Å². The third-order valence-electron chi connectivity index (χ3n) is 5.40. The Kier molecular flexibility index (Phi) is 4.24. The van der Waals surface area contributed by atoms with Gasteiger partial charge in [-0.2, -0.15) is 13.2 Å². The molecule has 0 aliphatic carbocycles. The summed E-state index contributed by atoms with van der Waals surface area (Å²) < 4.78 is 59.4. The smallest absolute Gasteiger partial charge is 0.393 e. The molecule has 1 aromatic heterocycles. The standard InChI is InChI=1S/C17H18F4N4O2/c1-10(17(19,20)21)16(9-26)15(27-16)24-7-6-14-13(8-24)22-23-25(14)12-4-2-11(18)3-5-12/h2-5,10,15,26H,6-9H2,1H3. The van der Waals surface area contributed by atoms with Crippen LogP contribution in [0.3, 0.4) is 0 Å². The molecule has 0 spiro atoms. The van der Waals surface area contributed by atoms with Gasteiger partial charge in [0.1, 0.15) is 23.3 Å². The molecule has 2 aliphatic heterocycles. The van der Waals surface area contributed by atoms with Crippen LogP contribution in [-0.2, 0) is 17.7 Å². The Labute approximate surface area is 152 Å². The third kappa shape index (κ3) is 3.01. The van der Waals surface area contributed by atoms with Crippen LogP contribution in [0.25, 0.3) is 5.69 Å². The van der Waals surface area contributed by atoms with E-state index in [0.717, 1.165) is 12.6 Å². The maximum atomic E-state index is 13.1. The molecule has 1 saturated heterocycles. The SMILES string of the molecule is CC(C(F)(F)F)C1(CO)OC1N1CCc2c(nnn2-c2ccc(F)cc2)C1. The summed E-state index contributed by atoms with van der Waals surface area (Å²) >= 11 is 0. The van der Waals surface area contributed by atoms with Gasteiger partial charge in [0, 0.05) is 19.5 Å². The number of halogens is 4. The van der Waals surface area contributed by atoms with Crippen molar-refractivity contribution in [3.8, 4) is 5.69 Å². The topological polar surface area (TPSA) is 66.7 Å². The molecule has 1 N–H and O–H groups in total. The zero-order valence-electron chi connectivity index (χ0n) is 14.4. The highest BCUT2D eigenvalue weighted by atomic mass is 19.4. The van der Waals surface area contributed by atoms with E-state index in [1.54, 1.807) is 21.7 Å². The van der Waals surface area contributed by atoms with Crippen molar-refractivity contribution < 1.29 is 27.4 Å². The van der Waals surface area contributed by atoms with Crippen LogP contribution in [-0.4, -0.2) is 56.2 Å². The van der Waals surface area contributed by atoms with Gasteiger partial charge in [-0.15, -0.1) is 5.10 Å². The Hall–Kier alpha value is -2.04. The maximum absolute atomic E-state index is 13.1. The molecular weight excluding hydrogens is 368 g/mol. The van der Waals surface area contributed by atoms with E-state index in [0.29, 0.717) is 24.3 Å². The van der Waals surface area contributed by atoms with Crippen molar-refractivity contribution >= 4 is 0 Å². The first-order valence-electron chi connectivity index (χ1n) is 8.55. The third-order valence-corrected chi connectivity index (χ3v) is 5.40. The van der Waals surface area contributed by atoms with Gasteiger partial charge in [0.25, 0.3) is 0 Å². The number of aliphatic hydroxyl groups is 1. The van der Waals surface area contributed by atoms with E-state index in [-0.39, 0.29) is 12.4 Å². The van der Waals surface area contributed by atoms with E-state index < -0.39 is 30.5 Å². The summed E-state index contributed by atoms with van der Waals surface area (Å²) in [5.74, 6) is -2.14. The molecule has 27 heavy (non-hydrogen) atoms. The van der Waals surface area contributed by atoms with Crippen LogP contribution in [0.4, 0.5) is 17.6 Å². The average molecular weight is 386 g/mol. The van der Waals surface area contributed by atoms with Crippen molar-refractivity contribution in [1.29, 1.82) is 0 Å². The molecule has 6 nitrogen and oxygen atoms in total. The Morgan fingerprint density at radius 3 is 2.67 bits per heavy atom. The van der Waals surface area contributed by atoms with Crippen molar-refractivity contribution in [2.24, 2.45) is 5.92 Å². The molecule has 10 heteroatoms. The summed E-state index contributed by atoms with van der Waals surface area (Å²) in [6, 6.07) is 5.82. The Morgan fingerprint density at radius 1 is 1.33 bits per heavy atom. The number of nitrogens with zero attached hydrogens (tertiary/aromatic N) is 4. The van der Waals surface area contributed by atoms with Gasteiger partial charge in [-0.05, 0) is 24.3 Å². The minimum absolute atomic E-state index is 0.271. The van der Waals surface area contributed by atoms with E-state index >= 15 is 0 Å². The van der Waals surface area contributed by atoms with Crippen molar-refractivity contribution in [3.63, 3.8) is 0 Å². The number of hydrogen-bond acceptors (Lipinski definition) is 5. The van der Waals surface area contributed by atoms with E-state index in [1.165, 1.54) is 12.1 Å². The number of hydrogen-bond donors (Lipinski definition) is 1. The average Bonchev–Trinajstić information content (AvgIpc) is 3.25. The molecule has 1 fully saturated rings. The molecule has 3 heterocycles. The molecule has 0 amide bonds. The Balaban J connectivity index is 1.53. The van der Waals surface area contributed by atoms with Gasteiger partial charge in [0.2, 0.25) is 0 Å². The minimum Gasteiger partial charge on any atom is -0.393 e. The highest BCUT2D eigenvalue weighted by Crippen LogP contribution is 2.51. The largest absolute Gasteiger partial charge is 0.394 e. The van der Waals surface area contributed by atoms with Gasteiger partial charge in [-0.1, -0.05) is 12.1 Å². The highest BCUT2D eigenvalue weighted by Gasteiger charge is 2.68. The zero-order valence-corrected chi connectivity index (χ0v) is 14.4. The molecule has 146 valence electrons. The van der Waals surface area contributed by atoms with Gasteiger partial charge in [-0.25, -0.2) is 9.07 Å². The van der Waals surface area contributed by atoms with Crippen LogP contribution < -0.4 is 0 Å². The normalized spacial score (nSPS) is 26.7. The molecule has 3 atom stereocenters. The molecule has 0 saturated carbocycles. The lowest BCUT2D eigenvalue weighted by Crippen LogP contribution is -2.45. The molecule has 2 aromatic rings. The summed E-state index contributed by atoms with van der Waals surface area (Å²) in [6.07, 6.45) is -4.77. The maximum Gasteiger partial charge on any atom is 0.394 e. The zero-order chi connectivity index (χ0) is 19.4. The van der Waals surface area contributed by atoms with Gasteiger partial charge in [0.05, 0.1) is 23.9 Å². The monoisotopic (exact) mass is 386 g/mol. The number of fused-ring (bicyclic) bond motifs is 1. The molecule has 1 aromatic carbocycles. The van der Waals surface area contributed by atoms with E-state index in [1.807, 2.05) is 0 Å². The van der Waals surface area contributed by atoms with Gasteiger partial charge in [0.15, 0.2) is 0 Å². The molecule has 2 aliphatic rings. The Morgan fingerprint density at radius 2 is 2.04 bits per heavy atom.